The van der Waals surface area contributed by atoms with Crippen molar-refractivity contribution in [3.63, 3.8) is 0 Å². The van der Waals surface area contributed by atoms with E-state index in [0.29, 0.717) is 0 Å². The van der Waals surface area contributed by atoms with Gasteiger partial charge in [0, 0.05) is 20.2 Å². The van der Waals surface area contributed by atoms with Crippen LogP contribution >= 0.6 is 0 Å². The summed E-state index contributed by atoms with van der Waals surface area (Å²) >= 11 is 0. The summed E-state index contributed by atoms with van der Waals surface area (Å²) in [6.45, 7) is 6.75. The third kappa shape index (κ3) is 2.71. The van der Waals surface area contributed by atoms with Crippen LogP contribution in [0.2, 0.25) is 0 Å². The topological polar surface area (TPSA) is 39.1 Å². The van der Waals surface area contributed by atoms with Gasteiger partial charge >= 0.3 is 0 Å². The van der Waals surface area contributed by atoms with Gasteiger partial charge in [-0.3, -0.25) is 0 Å². The minimum absolute atomic E-state index is 0.226. The van der Waals surface area contributed by atoms with Gasteiger partial charge in [-0.05, 0) is 26.0 Å². The quantitative estimate of drug-likeness (QED) is 0.850. The summed E-state index contributed by atoms with van der Waals surface area (Å²) in [5.41, 5.74) is 2.27. The lowest BCUT2D eigenvalue weighted by Crippen LogP contribution is -2.26. The molecule has 0 bridgehead atoms. The second-order valence-corrected chi connectivity index (χ2v) is 4.44. The minimum Gasteiger partial charge on any atom is -0.380 e. The van der Waals surface area contributed by atoms with Crippen molar-refractivity contribution in [1.29, 1.82) is 0 Å². The van der Waals surface area contributed by atoms with Crippen molar-refractivity contribution in [2.75, 3.05) is 13.7 Å². The molecular weight excluding hydrogens is 226 g/mol. The summed E-state index contributed by atoms with van der Waals surface area (Å²) in [6.07, 6.45) is 0.226. The maximum Gasteiger partial charge on any atom is 0.123 e. The monoisotopic (exact) mass is 247 g/mol. The number of imidazole rings is 1. The average Bonchev–Trinajstić information content (AvgIpc) is 2.75. The van der Waals surface area contributed by atoms with Crippen molar-refractivity contribution >= 4 is 11.0 Å². The molecule has 4 heteroatoms. The van der Waals surface area contributed by atoms with Crippen LogP contribution in [0.3, 0.4) is 0 Å². The number of nitrogens with one attached hydrogen (secondary N) is 1. The van der Waals surface area contributed by atoms with E-state index in [1.807, 2.05) is 6.07 Å². The molecule has 1 heterocycles. The molecule has 0 saturated carbocycles. The molecule has 0 saturated heterocycles. The summed E-state index contributed by atoms with van der Waals surface area (Å²) < 4.78 is 7.46. The Balaban J connectivity index is 2.12. The molecule has 0 radical (unpaired) electrons. The number of rotatable bonds is 6. The Morgan fingerprint density at radius 3 is 2.89 bits per heavy atom. The Bertz CT molecular complexity index is 507. The highest BCUT2D eigenvalue weighted by atomic mass is 16.5. The zero-order chi connectivity index (χ0) is 13.0. The lowest BCUT2D eigenvalue weighted by atomic mass is 10.3. The number of fused-ring (bicyclic) bond motifs is 1. The van der Waals surface area contributed by atoms with E-state index in [9.17, 15) is 0 Å². The summed E-state index contributed by atoms with van der Waals surface area (Å²) in [4.78, 5) is 4.67. The molecule has 98 valence electrons. The van der Waals surface area contributed by atoms with E-state index in [0.717, 1.165) is 31.0 Å². The second kappa shape index (κ2) is 5.98. The van der Waals surface area contributed by atoms with Crippen molar-refractivity contribution in [2.24, 2.45) is 0 Å². The van der Waals surface area contributed by atoms with Gasteiger partial charge in [-0.25, -0.2) is 4.98 Å². The van der Waals surface area contributed by atoms with Crippen molar-refractivity contribution in [1.82, 2.24) is 14.9 Å². The number of nitrogens with zero attached hydrogens (tertiary/aromatic N) is 2. The molecule has 2 rings (SSSR count). The van der Waals surface area contributed by atoms with Gasteiger partial charge < -0.3 is 14.6 Å². The van der Waals surface area contributed by atoms with Gasteiger partial charge in [-0.1, -0.05) is 12.1 Å². The SMILES string of the molecule is CCn1c(CNCC(C)OC)nc2ccccc21. The van der Waals surface area contributed by atoms with E-state index in [2.05, 4.69) is 46.9 Å². The molecule has 0 aliphatic rings. The van der Waals surface area contributed by atoms with Gasteiger partial charge in [0.1, 0.15) is 5.82 Å². The van der Waals surface area contributed by atoms with Crippen LogP contribution in [0.1, 0.15) is 19.7 Å². The Labute approximate surface area is 108 Å². The summed E-state index contributed by atoms with van der Waals surface area (Å²) in [5, 5.41) is 3.38. The Hall–Kier alpha value is -1.39. The first-order chi connectivity index (χ1) is 8.76. The maximum atomic E-state index is 5.21. The lowest BCUT2D eigenvalue weighted by Gasteiger charge is -2.11. The van der Waals surface area contributed by atoms with Gasteiger partial charge in [0.05, 0.1) is 23.7 Å². The molecular formula is C14H21N3O. The molecule has 0 aliphatic carbocycles. The van der Waals surface area contributed by atoms with Gasteiger partial charge in [-0.2, -0.15) is 0 Å². The lowest BCUT2D eigenvalue weighted by molar-refractivity contribution is 0.117. The highest BCUT2D eigenvalue weighted by molar-refractivity contribution is 5.75. The van der Waals surface area contributed by atoms with Gasteiger partial charge in [-0.15, -0.1) is 0 Å². The van der Waals surface area contributed by atoms with E-state index < -0.39 is 0 Å². The number of methoxy groups -OCH3 is 1. The van der Waals surface area contributed by atoms with E-state index in [4.69, 9.17) is 4.74 Å². The molecule has 1 aromatic heterocycles. The van der Waals surface area contributed by atoms with Crippen LogP contribution in [0.5, 0.6) is 0 Å². The molecule has 0 amide bonds. The Morgan fingerprint density at radius 1 is 1.39 bits per heavy atom. The number of aryl methyl sites for hydroxylation is 1. The number of aromatic nitrogens is 2. The number of para-hydroxylation sites is 2. The fraction of sp³-hybridized carbons (Fsp3) is 0.500. The summed E-state index contributed by atoms with van der Waals surface area (Å²) in [5.74, 6) is 1.09. The normalized spacial score (nSPS) is 13.1. The van der Waals surface area contributed by atoms with Crippen LogP contribution in [0.15, 0.2) is 24.3 Å². The average molecular weight is 247 g/mol. The van der Waals surface area contributed by atoms with Crippen molar-refractivity contribution in [2.45, 2.75) is 33.0 Å². The molecule has 18 heavy (non-hydrogen) atoms. The molecule has 2 aromatic rings. The van der Waals surface area contributed by atoms with Crippen LogP contribution in [0.4, 0.5) is 0 Å². The summed E-state index contributed by atoms with van der Waals surface area (Å²) in [7, 11) is 1.73. The van der Waals surface area contributed by atoms with E-state index in [-0.39, 0.29) is 6.10 Å². The standard InChI is InChI=1S/C14H21N3O/c1-4-17-13-8-6-5-7-12(13)16-14(17)10-15-9-11(2)18-3/h5-8,11,15H,4,9-10H2,1-3H3. The molecule has 0 aliphatic heterocycles. The predicted octanol–water partition coefficient (Wildman–Crippen LogP) is 2.18. The highest BCUT2D eigenvalue weighted by Gasteiger charge is 2.08. The van der Waals surface area contributed by atoms with Gasteiger partial charge in [0.2, 0.25) is 0 Å². The number of ether oxygens (including phenoxy) is 1. The van der Waals surface area contributed by atoms with Crippen molar-refractivity contribution in [3.8, 4) is 0 Å². The zero-order valence-electron chi connectivity index (χ0n) is 11.3. The molecule has 1 unspecified atom stereocenters. The Morgan fingerprint density at radius 2 is 2.17 bits per heavy atom. The van der Waals surface area contributed by atoms with Crippen LogP contribution < -0.4 is 5.32 Å². The van der Waals surface area contributed by atoms with Crippen molar-refractivity contribution in [3.05, 3.63) is 30.1 Å². The van der Waals surface area contributed by atoms with Crippen LogP contribution in [-0.2, 0) is 17.8 Å². The maximum absolute atomic E-state index is 5.21. The fourth-order valence-corrected chi connectivity index (χ4v) is 2.08. The van der Waals surface area contributed by atoms with E-state index in [1.54, 1.807) is 7.11 Å². The Kier molecular flexibility index (Phi) is 4.33. The largest absolute Gasteiger partial charge is 0.380 e. The van der Waals surface area contributed by atoms with Crippen molar-refractivity contribution < 1.29 is 4.74 Å². The molecule has 1 aromatic carbocycles. The van der Waals surface area contributed by atoms with Crippen LogP contribution in [-0.4, -0.2) is 29.3 Å². The molecule has 4 nitrogen and oxygen atoms in total. The molecule has 0 fully saturated rings. The highest BCUT2D eigenvalue weighted by Crippen LogP contribution is 2.15. The first kappa shape index (κ1) is 13.1. The molecule has 1 atom stereocenters. The van der Waals surface area contributed by atoms with Gasteiger partial charge in [0.25, 0.3) is 0 Å². The second-order valence-electron chi connectivity index (χ2n) is 4.44. The first-order valence-electron chi connectivity index (χ1n) is 6.44. The van der Waals surface area contributed by atoms with Gasteiger partial charge in [0.15, 0.2) is 0 Å². The number of hydrogen-bond donors (Lipinski definition) is 1. The third-order valence-corrected chi connectivity index (χ3v) is 3.17. The van der Waals surface area contributed by atoms with E-state index in [1.165, 1.54) is 5.52 Å². The third-order valence-electron chi connectivity index (χ3n) is 3.17. The first-order valence-corrected chi connectivity index (χ1v) is 6.44. The fourth-order valence-electron chi connectivity index (χ4n) is 2.08. The minimum atomic E-state index is 0.226. The van der Waals surface area contributed by atoms with Crippen LogP contribution in [0, 0.1) is 0 Å². The number of hydrogen-bond acceptors (Lipinski definition) is 3. The van der Waals surface area contributed by atoms with E-state index >= 15 is 0 Å². The molecule has 0 spiro atoms. The smallest absolute Gasteiger partial charge is 0.123 e. The van der Waals surface area contributed by atoms with Crippen LogP contribution in [0.25, 0.3) is 11.0 Å². The predicted molar refractivity (Wildman–Crippen MR) is 73.6 cm³/mol. The molecule has 1 N–H and O–H groups in total. The summed E-state index contributed by atoms with van der Waals surface area (Å²) in [6, 6.07) is 8.26. The zero-order valence-corrected chi connectivity index (χ0v) is 11.3. The number of benzene rings is 1.